The molecule has 3 heteroatoms. The zero-order chi connectivity index (χ0) is 11.9. The Morgan fingerprint density at radius 2 is 2.22 bits per heavy atom. The monoisotopic (exact) mass is 254 g/mol. The molecule has 3 aromatic rings. The van der Waals surface area contributed by atoms with E-state index >= 15 is 0 Å². The fraction of sp³-hybridized carbons (Fsp3) is 0.267. The van der Waals surface area contributed by atoms with E-state index in [1.54, 1.807) is 0 Å². The zero-order valence-electron chi connectivity index (χ0n) is 10.0. The maximum atomic E-state index is 4.31. The summed E-state index contributed by atoms with van der Waals surface area (Å²) < 4.78 is 3.70. The highest BCUT2D eigenvalue weighted by atomic mass is 32.1. The van der Waals surface area contributed by atoms with Gasteiger partial charge >= 0.3 is 0 Å². The van der Waals surface area contributed by atoms with Crippen LogP contribution < -0.4 is 0 Å². The van der Waals surface area contributed by atoms with Gasteiger partial charge in [0, 0.05) is 29.1 Å². The highest BCUT2D eigenvalue weighted by Crippen LogP contribution is 2.39. The molecule has 0 radical (unpaired) electrons. The quantitative estimate of drug-likeness (QED) is 0.641. The number of nitrogens with zero attached hydrogens (tertiary/aromatic N) is 2. The van der Waals surface area contributed by atoms with Crippen LogP contribution in [0.2, 0.25) is 0 Å². The first kappa shape index (κ1) is 10.3. The third kappa shape index (κ3) is 1.44. The predicted molar refractivity (Wildman–Crippen MR) is 75.1 cm³/mol. The molecule has 18 heavy (non-hydrogen) atoms. The van der Waals surface area contributed by atoms with E-state index in [0.29, 0.717) is 5.92 Å². The van der Waals surface area contributed by atoms with Crippen LogP contribution in [0.25, 0.3) is 10.1 Å². The van der Waals surface area contributed by atoms with Gasteiger partial charge in [0.15, 0.2) is 0 Å². The average Bonchev–Trinajstić information content (AvgIpc) is 3.05. The smallest absolute Gasteiger partial charge is 0.0948 e. The van der Waals surface area contributed by atoms with Gasteiger partial charge in [-0.3, -0.25) is 0 Å². The molecule has 0 saturated heterocycles. The number of thiophene rings is 1. The first-order valence-corrected chi connectivity index (χ1v) is 7.27. The summed E-state index contributed by atoms with van der Waals surface area (Å²) in [7, 11) is 0. The molecular formula is C15H14N2S. The normalized spacial score (nSPS) is 19.0. The fourth-order valence-electron chi connectivity index (χ4n) is 3.00. The number of hydrogen-bond donors (Lipinski definition) is 0. The highest BCUT2D eigenvalue weighted by molar-refractivity contribution is 7.17. The Morgan fingerprint density at radius 3 is 3.22 bits per heavy atom. The maximum Gasteiger partial charge on any atom is 0.0948 e. The van der Waals surface area contributed by atoms with Crippen molar-refractivity contribution in [3.8, 4) is 0 Å². The summed E-state index contributed by atoms with van der Waals surface area (Å²) in [5, 5.41) is 3.75. The van der Waals surface area contributed by atoms with Crippen LogP contribution >= 0.6 is 11.3 Å². The lowest BCUT2D eigenvalue weighted by atomic mass is 9.89. The minimum Gasteiger partial charge on any atom is -0.334 e. The van der Waals surface area contributed by atoms with E-state index in [9.17, 15) is 0 Å². The van der Waals surface area contributed by atoms with Crippen LogP contribution in [0.1, 0.15) is 30.0 Å². The highest BCUT2D eigenvalue weighted by Gasteiger charge is 2.24. The van der Waals surface area contributed by atoms with Gasteiger partial charge in [-0.25, -0.2) is 4.98 Å². The molecule has 3 heterocycles. The fourth-order valence-corrected chi connectivity index (χ4v) is 4.02. The van der Waals surface area contributed by atoms with Gasteiger partial charge in [-0.1, -0.05) is 18.2 Å². The standard InChI is InChI=1S/C15H14N2S/c1-2-6-15-12(4-1)13(9-18-15)11-5-3-7-17-10-16-8-14(11)17/h1-2,4,6,8-11H,3,5,7H2. The van der Waals surface area contributed by atoms with Crippen molar-refractivity contribution in [2.75, 3.05) is 0 Å². The molecule has 0 saturated carbocycles. The Balaban J connectivity index is 1.90. The summed E-state index contributed by atoms with van der Waals surface area (Å²) >= 11 is 1.86. The molecule has 4 rings (SSSR count). The Kier molecular flexibility index (Phi) is 2.27. The summed E-state index contributed by atoms with van der Waals surface area (Å²) in [5.41, 5.74) is 2.86. The molecule has 1 aliphatic heterocycles. The lowest BCUT2D eigenvalue weighted by Gasteiger charge is -2.23. The maximum absolute atomic E-state index is 4.31. The molecule has 1 unspecified atom stereocenters. The molecule has 0 amide bonds. The van der Waals surface area contributed by atoms with E-state index in [2.05, 4.69) is 39.2 Å². The summed E-state index contributed by atoms with van der Waals surface area (Å²) in [5.74, 6) is 0.525. The van der Waals surface area contributed by atoms with E-state index in [0.717, 1.165) is 6.54 Å². The average molecular weight is 254 g/mol. The van der Waals surface area contributed by atoms with Crippen molar-refractivity contribution < 1.29 is 0 Å². The number of rotatable bonds is 1. The number of aryl methyl sites for hydroxylation is 1. The van der Waals surface area contributed by atoms with E-state index < -0.39 is 0 Å². The van der Waals surface area contributed by atoms with Crippen LogP contribution in [-0.4, -0.2) is 9.55 Å². The van der Waals surface area contributed by atoms with Crippen LogP contribution in [0, 0.1) is 0 Å². The molecule has 2 nitrogen and oxygen atoms in total. The molecule has 0 N–H and O–H groups in total. The van der Waals surface area contributed by atoms with Crippen molar-refractivity contribution in [2.45, 2.75) is 25.3 Å². The van der Waals surface area contributed by atoms with Gasteiger partial charge in [0.05, 0.1) is 6.33 Å². The minimum atomic E-state index is 0.525. The Hall–Kier alpha value is -1.61. The molecule has 1 aliphatic rings. The predicted octanol–water partition coefficient (Wildman–Crippen LogP) is 4.02. The van der Waals surface area contributed by atoms with Gasteiger partial charge in [0.1, 0.15) is 0 Å². The van der Waals surface area contributed by atoms with Gasteiger partial charge in [0.2, 0.25) is 0 Å². The summed E-state index contributed by atoms with van der Waals surface area (Å²) in [6.45, 7) is 1.12. The van der Waals surface area contributed by atoms with Crippen LogP contribution in [0.3, 0.4) is 0 Å². The van der Waals surface area contributed by atoms with Crippen molar-refractivity contribution in [3.63, 3.8) is 0 Å². The lowest BCUT2D eigenvalue weighted by Crippen LogP contribution is -2.15. The number of benzene rings is 1. The molecule has 0 fully saturated rings. The largest absolute Gasteiger partial charge is 0.334 e. The van der Waals surface area contributed by atoms with Gasteiger partial charge in [-0.05, 0) is 35.2 Å². The second kappa shape index (κ2) is 3.95. The summed E-state index contributed by atoms with van der Waals surface area (Å²) in [6, 6.07) is 8.71. The van der Waals surface area contributed by atoms with Gasteiger partial charge < -0.3 is 4.57 Å². The van der Waals surface area contributed by atoms with Crippen molar-refractivity contribution in [1.82, 2.24) is 9.55 Å². The molecular weight excluding hydrogens is 240 g/mol. The van der Waals surface area contributed by atoms with E-state index in [4.69, 9.17) is 0 Å². The SMILES string of the molecule is c1ccc2c(C3CCCn4cncc43)csc2c1. The Bertz CT molecular complexity index is 695. The third-order valence-electron chi connectivity index (χ3n) is 3.88. The minimum absolute atomic E-state index is 0.525. The third-order valence-corrected chi connectivity index (χ3v) is 4.86. The summed E-state index contributed by atoms with van der Waals surface area (Å²) in [4.78, 5) is 4.31. The summed E-state index contributed by atoms with van der Waals surface area (Å²) in [6.07, 6.45) is 6.50. The molecule has 90 valence electrons. The molecule has 1 aromatic carbocycles. The number of aromatic nitrogens is 2. The second-order valence-electron chi connectivity index (χ2n) is 4.89. The zero-order valence-corrected chi connectivity index (χ0v) is 10.9. The molecule has 0 bridgehead atoms. The Labute approximate surface area is 110 Å². The van der Waals surface area contributed by atoms with Gasteiger partial charge in [0.25, 0.3) is 0 Å². The van der Waals surface area contributed by atoms with Crippen molar-refractivity contribution in [1.29, 1.82) is 0 Å². The number of imidazole rings is 1. The topological polar surface area (TPSA) is 17.8 Å². The number of hydrogen-bond acceptors (Lipinski definition) is 2. The van der Waals surface area contributed by atoms with Gasteiger partial charge in [-0.15, -0.1) is 11.3 Å². The van der Waals surface area contributed by atoms with E-state index in [1.807, 2.05) is 23.9 Å². The molecule has 2 aromatic heterocycles. The molecule has 0 spiro atoms. The first-order chi connectivity index (χ1) is 8.93. The number of fused-ring (bicyclic) bond motifs is 2. The van der Waals surface area contributed by atoms with Crippen LogP contribution in [0.15, 0.2) is 42.2 Å². The van der Waals surface area contributed by atoms with E-state index in [-0.39, 0.29) is 0 Å². The van der Waals surface area contributed by atoms with Crippen LogP contribution in [0.5, 0.6) is 0 Å². The van der Waals surface area contributed by atoms with Gasteiger partial charge in [-0.2, -0.15) is 0 Å². The van der Waals surface area contributed by atoms with Crippen molar-refractivity contribution in [3.05, 3.63) is 53.4 Å². The van der Waals surface area contributed by atoms with Crippen molar-refractivity contribution >= 4 is 21.4 Å². The van der Waals surface area contributed by atoms with E-state index in [1.165, 1.54) is 34.2 Å². The Morgan fingerprint density at radius 1 is 1.28 bits per heavy atom. The first-order valence-electron chi connectivity index (χ1n) is 6.39. The molecule has 0 aliphatic carbocycles. The van der Waals surface area contributed by atoms with Crippen LogP contribution in [-0.2, 0) is 6.54 Å². The van der Waals surface area contributed by atoms with Crippen molar-refractivity contribution in [2.24, 2.45) is 0 Å². The van der Waals surface area contributed by atoms with Crippen LogP contribution in [0.4, 0.5) is 0 Å². The molecule has 1 atom stereocenters. The second-order valence-corrected chi connectivity index (χ2v) is 5.81. The lowest BCUT2D eigenvalue weighted by molar-refractivity contribution is 0.493.